The Morgan fingerprint density at radius 2 is 1.61 bits per heavy atom. The monoisotopic (exact) mass is 416 g/mol. The number of ether oxygens (including phenoxy) is 2. The molecule has 28 heavy (non-hydrogen) atoms. The van der Waals surface area contributed by atoms with Gasteiger partial charge >= 0.3 is 5.97 Å². The van der Waals surface area contributed by atoms with Crippen LogP contribution in [0.3, 0.4) is 0 Å². The van der Waals surface area contributed by atoms with Gasteiger partial charge in [-0.2, -0.15) is 0 Å². The second kappa shape index (κ2) is 17.5. The predicted molar refractivity (Wildman–Crippen MR) is 117 cm³/mol. The van der Waals surface area contributed by atoms with Crippen molar-refractivity contribution in [3.05, 3.63) is 28.3 Å². The number of piperazine rings is 1. The first-order chi connectivity index (χ1) is 13.5. The third kappa shape index (κ3) is 10.1. The summed E-state index contributed by atoms with van der Waals surface area (Å²) in [5, 5.41) is 0.514. The van der Waals surface area contributed by atoms with E-state index in [2.05, 4.69) is 16.8 Å². The number of nitrogens with zero attached hydrogens (tertiary/aromatic N) is 2. The lowest BCUT2D eigenvalue weighted by Gasteiger charge is -2.32. The number of methoxy groups -OCH3 is 2. The first-order valence-corrected chi connectivity index (χ1v) is 10.1. The molecule has 1 aromatic rings. The van der Waals surface area contributed by atoms with Gasteiger partial charge in [-0.1, -0.05) is 39.3 Å². The van der Waals surface area contributed by atoms with Crippen LogP contribution in [-0.2, 0) is 16.1 Å². The van der Waals surface area contributed by atoms with E-state index in [1.54, 1.807) is 13.2 Å². The largest absolute Gasteiger partial charge is 0.496 e. The standard InChI is InChI=1S/C15H21ClN2O3.C2H4O.2C2H6/c1-17-4-6-18(7-5-17)10-11-8-12(16)9-13(14(11)20-2)15(19)21-3;1-2-3;2*1-2/h8-9H,4-7,10H2,1-3H3;2H,1H3;2*1-2H3. The zero-order valence-electron chi connectivity index (χ0n) is 18.7. The van der Waals surface area contributed by atoms with Crippen molar-refractivity contribution in [2.75, 3.05) is 47.4 Å². The second-order valence-electron chi connectivity index (χ2n) is 5.45. The highest BCUT2D eigenvalue weighted by atomic mass is 35.5. The number of carbonyl (C=O) groups is 2. The molecule has 7 heteroatoms. The van der Waals surface area contributed by atoms with Crippen molar-refractivity contribution in [3.8, 4) is 5.75 Å². The number of benzene rings is 1. The molecule has 1 heterocycles. The molecule has 0 bridgehead atoms. The van der Waals surface area contributed by atoms with Gasteiger partial charge < -0.3 is 19.2 Å². The van der Waals surface area contributed by atoms with Gasteiger partial charge in [0.05, 0.1) is 14.2 Å². The number of esters is 1. The minimum absolute atomic E-state index is 0.372. The summed E-state index contributed by atoms with van der Waals surface area (Å²) in [6, 6.07) is 3.44. The van der Waals surface area contributed by atoms with Crippen LogP contribution >= 0.6 is 11.6 Å². The Bertz CT molecular complexity index is 560. The highest BCUT2D eigenvalue weighted by Gasteiger charge is 2.21. The van der Waals surface area contributed by atoms with Crippen LogP contribution in [0.4, 0.5) is 0 Å². The molecule has 1 aromatic carbocycles. The van der Waals surface area contributed by atoms with Gasteiger partial charge in [0, 0.05) is 43.3 Å². The van der Waals surface area contributed by atoms with Crippen LogP contribution in [0, 0.1) is 0 Å². The van der Waals surface area contributed by atoms with E-state index in [1.165, 1.54) is 14.0 Å². The molecule has 0 aromatic heterocycles. The molecular formula is C21H37ClN2O4. The highest BCUT2D eigenvalue weighted by Crippen LogP contribution is 2.30. The molecule has 162 valence electrons. The molecule has 0 radical (unpaired) electrons. The molecule has 0 atom stereocenters. The van der Waals surface area contributed by atoms with Crippen molar-refractivity contribution in [2.24, 2.45) is 0 Å². The lowest BCUT2D eigenvalue weighted by Crippen LogP contribution is -2.43. The third-order valence-corrected chi connectivity index (χ3v) is 3.95. The maximum absolute atomic E-state index is 11.9. The number of halogens is 1. The van der Waals surface area contributed by atoms with Crippen molar-refractivity contribution >= 4 is 23.9 Å². The first kappa shape index (κ1) is 28.6. The van der Waals surface area contributed by atoms with Gasteiger partial charge in [-0.3, -0.25) is 4.90 Å². The van der Waals surface area contributed by atoms with Gasteiger partial charge in [-0.25, -0.2) is 4.79 Å². The lowest BCUT2D eigenvalue weighted by atomic mass is 10.1. The summed E-state index contributed by atoms with van der Waals surface area (Å²) in [5.74, 6) is 0.110. The zero-order valence-corrected chi connectivity index (χ0v) is 19.4. The number of hydrogen-bond donors (Lipinski definition) is 0. The molecule has 0 spiro atoms. The van der Waals surface area contributed by atoms with E-state index in [1.807, 2.05) is 33.8 Å². The fraction of sp³-hybridized carbons (Fsp3) is 0.619. The maximum Gasteiger partial charge on any atom is 0.341 e. The molecule has 6 nitrogen and oxygen atoms in total. The predicted octanol–water partition coefficient (Wildman–Crippen LogP) is 4.14. The average Bonchev–Trinajstić information content (AvgIpc) is 2.72. The summed E-state index contributed by atoms with van der Waals surface area (Å²) in [7, 11) is 5.03. The number of aldehydes is 1. The van der Waals surface area contributed by atoms with E-state index in [-0.39, 0.29) is 0 Å². The summed E-state index contributed by atoms with van der Waals surface area (Å²) >= 11 is 6.13. The van der Waals surface area contributed by atoms with E-state index >= 15 is 0 Å². The molecule has 0 N–H and O–H groups in total. The number of rotatable bonds is 4. The Labute approximate surface area is 175 Å². The smallest absolute Gasteiger partial charge is 0.341 e. The fourth-order valence-electron chi connectivity index (χ4n) is 2.52. The molecule has 1 aliphatic heterocycles. The Hall–Kier alpha value is -1.63. The zero-order chi connectivity index (χ0) is 22.1. The maximum atomic E-state index is 11.9. The van der Waals surface area contributed by atoms with Crippen LogP contribution < -0.4 is 4.74 Å². The summed E-state index contributed by atoms with van der Waals surface area (Å²) in [6.45, 7) is 14.2. The van der Waals surface area contributed by atoms with Crippen LogP contribution in [0.1, 0.15) is 50.5 Å². The molecule has 1 saturated heterocycles. The third-order valence-electron chi connectivity index (χ3n) is 3.73. The van der Waals surface area contributed by atoms with Crippen LogP contribution in [0.5, 0.6) is 5.75 Å². The highest BCUT2D eigenvalue weighted by molar-refractivity contribution is 6.31. The molecule has 0 unspecified atom stereocenters. The Morgan fingerprint density at radius 1 is 1.11 bits per heavy atom. The van der Waals surface area contributed by atoms with Crippen molar-refractivity contribution < 1.29 is 19.1 Å². The quantitative estimate of drug-likeness (QED) is 0.543. The van der Waals surface area contributed by atoms with E-state index < -0.39 is 5.97 Å². The van der Waals surface area contributed by atoms with Crippen LogP contribution in [-0.4, -0.2) is 69.5 Å². The molecule has 1 aliphatic rings. The Morgan fingerprint density at radius 3 is 2.04 bits per heavy atom. The van der Waals surface area contributed by atoms with Gasteiger partial charge in [-0.05, 0) is 26.1 Å². The van der Waals surface area contributed by atoms with E-state index in [9.17, 15) is 4.79 Å². The molecule has 0 amide bonds. The van der Waals surface area contributed by atoms with Crippen LogP contribution in [0.25, 0.3) is 0 Å². The number of likely N-dealkylation sites (N-methyl/N-ethyl adjacent to an activating group) is 1. The van der Waals surface area contributed by atoms with Gasteiger partial charge in [0.25, 0.3) is 0 Å². The molecular weight excluding hydrogens is 380 g/mol. The first-order valence-electron chi connectivity index (χ1n) is 9.72. The van der Waals surface area contributed by atoms with Crippen molar-refractivity contribution in [1.29, 1.82) is 0 Å². The number of hydrogen-bond acceptors (Lipinski definition) is 6. The molecule has 2 rings (SSSR count). The topological polar surface area (TPSA) is 59.1 Å². The molecule has 0 aliphatic carbocycles. The SMILES string of the molecule is CC.CC.CC=O.COC(=O)c1cc(Cl)cc(CN2CCN(C)CC2)c1OC. The summed E-state index contributed by atoms with van der Waals surface area (Å²) in [4.78, 5) is 25.3. The molecule has 1 fully saturated rings. The van der Waals surface area contributed by atoms with Crippen molar-refractivity contribution in [1.82, 2.24) is 9.80 Å². The van der Waals surface area contributed by atoms with Crippen molar-refractivity contribution in [3.63, 3.8) is 0 Å². The summed E-state index contributed by atoms with van der Waals surface area (Å²) in [6.07, 6.45) is 0.750. The van der Waals surface area contributed by atoms with E-state index in [4.69, 9.17) is 25.9 Å². The lowest BCUT2D eigenvalue weighted by molar-refractivity contribution is -0.106. The van der Waals surface area contributed by atoms with E-state index in [0.717, 1.165) is 38.0 Å². The van der Waals surface area contributed by atoms with Gasteiger partial charge in [0.1, 0.15) is 17.6 Å². The fourth-order valence-corrected chi connectivity index (χ4v) is 2.76. The summed E-state index contributed by atoms with van der Waals surface area (Å²) < 4.78 is 10.2. The Balaban J connectivity index is 0. The number of carbonyl (C=O) groups excluding carboxylic acids is 2. The van der Waals surface area contributed by atoms with Gasteiger partial charge in [-0.15, -0.1) is 0 Å². The summed E-state index contributed by atoms with van der Waals surface area (Å²) in [5.41, 5.74) is 1.28. The van der Waals surface area contributed by atoms with E-state index in [0.29, 0.717) is 22.9 Å². The van der Waals surface area contributed by atoms with Crippen LogP contribution in [0.2, 0.25) is 5.02 Å². The minimum Gasteiger partial charge on any atom is -0.496 e. The Kier molecular flexibility index (Phi) is 17.8. The second-order valence-corrected chi connectivity index (χ2v) is 5.89. The van der Waals surface area contributed by atoms with Crippen LogP contribution in [0.15, 0.2) is 12.1 Å². The minimum atomic E-state index is -0.436. The van der Waals surface area contributed by atoms with Crippen molar-refractivity contribution in [2.45, 2.75) is 41.2 Å². The van der Waals surface area contributed by atoms with Gasteiger partial charge in [0.2, 0.25) is 0 Å². The normalized spacial score (nSPS) is 13.5. The average molecular weight is 417 g/mol. The molecule has 0 saturated carbocycles. The van der Waals surface area contributed by atoms with Gasteiger partial charge in [0.15, 0.2) is 0 Å².